The second-order valence-corrected chi connectivity index (χ2v) is 8.48. The van der Waals surface area contributed by atoms with E-state index in [1.807, 2.05) is 19.1 Å². The third kappa shape index (κ3) is 4.78. The second kappa shape index (κ2) is 9.22. The fourth-order valence-electron chi connectivity index (χ4n) is 4.53. The highest BCUT2D eigenvalue weighted by Gasteiger charge is 2.27. The molecule has 2 aliphatic heterocycles. The van der Waals surface area contributed by atoms with E-state index in [2.05, 4.69) is 44.8 Å². The molecule has 4 heterocycles. The van der Waals surface area contributed by atoms with Crippen molar-refractivity contribution in [3.8, 4) is 11.5 Å². The Bertz CT molecular complexity index is 783. The highest BCUT2D eigenvalue weighted by Crippen LogP contribution is 2.23. The highest BCUT2D eigenvalue weighted by atomic mass is 16.5. The van der Waals surface area contributed by atoms with E-state index in [9.17, 15) is 0 Å². The van der Waals surface area contributed by atoms with Crippen LogP contribution < -0.4 is 4.90 Å². The summed E-state index contributed by atoms with van der Waals surface area (Å²) in [5, 5.41) is 4.07. The number of piperidine rings is 1. The molecule has 29 heavy (non-hydrogen) atoms. The van der Waals surface area contributed by atoms with Crippen LogP contribution in [0.4, 0.5) is 5.82 Å². The lowest BCUT2D eigenvalue weighted by atomic mass is 10.0. The molecule has 0 bridgehead atoms. The van der Waals surface area contributed by atoms with Crippen LogP contribution in [0, 0.1) is 0 Å². The third-order valence-corrected chi connectivity index (χ3v) is 6.33. The molecule has 0 N–H and O–H groups in total. The zero-order chi connectivity index (χ0) is 20.2. The van der Waals surface area contributed by atoms with Gasteiger partial charge in [-0.1, -0.05) is 18.1 Å². The van der Waals surface area contributed by atoms with Gasteiger partial charge in [-0.05, 0) is 58.3 Å². The van der Waals surface area contributed by atoms with Gasteiger partial charge in [0.15, 0.2) is 0 Å². The van der Waals surface area contributed by atoms with Crippen molar-refractivity contribution >= 4 is 5.82 Å². The molecule has 7 heteroatoms. The van der Waals surface area contributed by atoms with Crippen LogP contribution in [0.5, 0.6) is 0 Å². The molecule has 2 saturated heterocycles. The van der Waals surface area contributed by atoms with Crippen molar-refractivity contribution in [1.29, 1.82) is 0 Å². The molecule has 0 radical (unpaired) electrons. The maximum absolute atomic E-state index is 5.25. The van der Waals surface area contributed by atoms with Crippen LogP contribution in [0.1, 0.15) is 45.9 Å². The first-order valence-electron chi connectivity index (χ1n) is 11.2. The van der Waals surface area contributed by atoms with Crippen LogP contribution in [0.15, 0.2) is 22.7 Å². The van der Waals surface area contributed by atoms with E-state index in [0.29, 0.717) is 17.8 Å². The summed E-state index contributed by atoms with van der Waals surface area (Å²) >= 11 is 0. The Hall–Kier alpha value is -1.99. The molecule has 0 amide bonds. The number of anilines is 1. The Labute approximate surface area is 174 Å². The first-order chi connectivity index (χ1) is 14.1. The van der Waals surface area contributed by atoms with Gasteiger partial charge in [-0.25, -0.2) is 4.98 Å². The molecule has 0 spiro atoms. The minimum atomic E-state index is 0.581. The Balaban J connectivity index is 1.38. The van der Waals surface area contributed by atoms with Gasteiger partial charge in [-0.2, -0.15) is 4.98 Å². The summed E-state index contributed by atoms with van der Waals surface area (Å²) in [6, 6.07) is 7.50. The van der Waals surface area contributed by atoms with E-state index in [-0.39, 0.29) is 0 Å². The fraction of sp³-hybridized carbons (Fsp3) is 0.682. The van der Waals surface area contributed by atoms with Crippen LogP contribution in [0.3, 0.4) is 0 Å². The van der Waals surface area contributed by atoms with Crippen molar-refractivity contribution < 1.29 is 4.52 Å². The molecule has 2 aliphatic rings. The first kappa shape index (κ1) is 20.3. The average molecular weight is 399 g/mol. The molecule has 0 saturated carbocycles. The normalized spacial score (nSPS) is 20.3. The number of aromatic nitrogens is 3. The van der Waals surface area contributed by atoms with Crippen molar-refractivity contribution in [3.05, 3.63) is 24.1 Å². The lowest BCUT2D eigenvalue weighted by Gasteiger charge is -2.39. The van der Waals surface area contributed by atoms with E-state index < -0.39 is 0 Å². The fourth-order valence-corrected chi connectivity index (χ4v) is 4.53. The summed E-state index contributed by atoms with van der Waals surface area (Å²) in [7, 11) is 0. The van der Waals surface area contributed by atoms with Crippen LogP contribution in [0.2, 0.25) is 0 Å². The monoisotopic (exact) mass is 398 g/mol. The highest BCUT2D eigenvalue weighted by molar-refractivity contribution is 5.53. The van der Waals surface area contributed by atoms with E-state index >= 15 is 0 Å². The SMILES string of the molecule is CCc1nc(-c2cccc(N3CCCN(C4CCN(C(C)C)CC4)CC3)n2)no1. The summed E-state index contributed by atoms with van der Waals surface area (Å²) in [5.41, 5.74) is 0.785. The van der Waals surface area contributed by atoms with E-state index in [1.165, 1.54) is 38.9 Å². The quantitative estimate of drug-likeness (QED) is 0.767. The summed E-state index contributed by atoms with van der Waals surface area (Å²) in [5.74, 6) is 2.25. The lowest BCUT2D eigenvalue weighted by molar-refractivity contribution is 0.0965. The van der Waals surface area contributed by atoms with Gasteiger partial charge in [0.2, 0.25) is 11.7 Å². The topological polar surface area (TPSA) is 61.5 Å². The molecular weight excluding hydrogens is 364 g/mol. The number of likely N-dealkylation sites (tertiary alicyclic amines) is 1. The van der Waals surface area contributed by atoms with Gasteiger partial charge in [-0.3, -0.25) is 4.90 Å². The van der Waals surface area contributed by atoms with Crippen molar-refractivity contribution in [2.45, 2.75) is 58.5 Å². The molecule has 0 atom stereocenters. The molecule has 0 aromatic carbocycles. The lowest BCUT2D eigenvalue weighted by Crippen LogP contribution is -2.47. The molecule has 0 aliphatic carbocycles. The number of nitrogens with zero attached hydrogens (tertiary/aromatic N) is 6. The summed E-state index contributed by atoms with van der Waals surface area (Å²) in [6.07, 6.45) is 4.51. The maximum atomic E-state index is 5.25. The van der Waals surface area contributed by atoms with Crippen LogP contribution >= 0.6 is 0 Å². The standard InChI is InChI=1S/C22H34N6O/c1-4-21-24-22(25-29-21)19-7-5-8-20(23-19)28-12-6-11-27(15-16-28)18-9-13-26(14-10-18)17(2)3/h5,7-8,17-18H,4,6,9-16H2,1-3H3. The van der Waals surface area contributed by atoms with Crippen LogP contribution in [-0.4, -0.2) is 76.3 Å². The van der Waals surface area contributed by atoms with Gasteiger partial charge >= 0.3 is 0 Å². The van der Waals surface area contributed by atoms with Gasteiger partial charge < -0.3 is 14.3 Å². The number of hydrogen-bond donors (Lipinski definition) is 0. The number of hydrogen-bond acceptors (Lipinski definition) is 7. The molecule has 2 aromatic heterocycles. The minimum absolute atomic E-state index is 0.581. The predicted molar refractivity (Wildman–Crippen MR) is 115 cm³/mol. The van der Waals surface area contributed by atoms with Crippen LogP contribution in [0.25, 0.3) is 11.5 Å². The maximum Gasteiger partial charge on any atom is 0.226 e. The smallest absolute Gasteiger partial charge is 0.226 e. The zero-order valence-corrected chi connectivity index (χ0v) is 18.0. The van der Waals surface area contributed by atoms with Crippen molar-refractivity contribution in [3.63, 3.8) is 0 Å². The van der Waals surface area contributed by atoms with Gasteiger partial charge in [-0.15, -0.1) is 0 Å². The van der Waals surface area contributed by atoms with Crippen molar-refractivity contribution in [2.75, 3.05) is 44.2 Å². The second-order valence-electron chi connectivity index (χ2n) is 8.48. The molecule has 158 valence electrons. The van der Waals surface area contributed by atoms with Crippen molar-refractivity contribution in [1.82, 2.24) is 24.9 Å². The molecule has 4 rings (SSSR count). The van der Waals surface area contributed by atoms with Gasteiger partial charge in [0.25, 0.3) is 0 Å². The number of pyridine rings is 1. The molecule has 2 fully saturated rings. The average Bonchev–Trinajstić information content (AvgIpc) is 3.11. The zero-order valence-electron chi connectivity index (χ0n) is 18.0. The summed E-state index contributed by atoms with van der Waals surface area (Å²) < 4.78 is 5.25. The largest absolute Gasteiger partial charge is 0.355 e. The number of aryl methyl sites for hydroxylation is 1. The molecular formula is C22H34N6O. The Morgan fingerprint density at radius 1 is 1.03 bits per heavy atom. The Morgan fingerprint density at radius 3 is 2.59 bits per heavy atom. The van der Waals surface area contributed by atoms with Crippen LogP contribution in [-0.2, 0) is 6.42 Å². The summed E-state index contributed by atoms with van der Waals surface area (Å²) in [4.78, 5) is 17.0. The van der Waals surface area contributed by atoms with Gasteiger partial charge in [0.05, 0.1) is 0 Å². The van der Waals surface area contributed by atoms with E-state index in [4.69, 9.17) is 9.51 Å². The third-order valence-electron chi connectivity index (χ3n) is 6.33. The van der Waals surface area contributed by atoms with Crippen molar-refractivity contribution in [2.24, 2.45) is 0 Å². The Morgan fingerprint density at radius 2 is 1.86 bits per heavy atom. The molecule has 2 aromatic rings. The Kier molecular flexibility index (Phi) is 6.45. The van der Waals surface area contributed by atoms with Gasteiger partial charge in [0.1, 0.15) is 11.5 Å². The first-order valence-corrected chi connectivity index (χ1v) is 11.2. The van der Waals surface area contributed by atoms with E-state index in [0.717, 1.165) is 43.6 Å². The van der Waals surface area contributed by atoms with Gasteiger partial charge in [0, 0.05) is 44.7 Å². The summed E-state index contributed by atoms with van der Waals surface area (Å²) in [6.45, 7) is 13.5. The minimum Gasteiger partial charge on any atom is -0.355 e. The predicted octanol–water partition coefficient (Wildman–Crippen LogP) is 3.08. The molecule has 0 unspecified atom stereocenters. The van der Waals surface area contributed by atoms with E-state index in [1.54, 1.807) is 0 Å². The number of rotatable bonds is 5. The molecule has 7 nitrogen and oxygen atoms in total.